The third-order valence-corrected chi connectivity index (χ3v) is 1.83. The number of carboxylic acids is 1. The van der Waals surface area contributed by atoms with Crippen LogP contribution in [-0.4, -0.2) is 27.3 Å². The van der Waals surface area contributed by atoms with E-state index in [2.05, 4.69) is 9.72 Å². The number of pyridine rings is 1. The van der Waals surface area contributed by atoms with Crippen LogP contribution in [0.4, 0.5) is 27.8 Å². The van der Waals surface area contributed by atoms with E-state index in [0.717, 1.165) is 0 Å². The average Bonchev–Trinajstić information content (AvgIpc) is 2.25. The molecule has 0 unspecified atom stereocenters. The minimum absolute atomic E-state index is 0.0766. The van der Waals surface area contributed by atoms with Gasteiger partial charge in [0, 0.05) is 6.07 Å². The van der Waals surface area contributed by atoms with Gasteiger partial charge in [0.05, 0.1) is 5.56 Å². The number of aromatic nitrogens is 1. The van der Waals surface area contributed by atoms with Gasteiger partial charge >= 0.3 is 18.1 Å². The van der Waals surface area contributed by atoms with Crippen LogP contribution in [0.5, 0.6) is 5.75 Å². The van der Waals surface area contributed by atoms with Crippen LogP contribution in [-0.2, 0) is 0 Å². The third-order valence-electron chi connectivity index (χ3n) is 1.83. The van der Waals surface area contributed by atoms with Crippen molar-refractivity contribution < 1.29 is 41.5 Å². The lowest BCUT2D eigenvalue weighted by Gasteiger charge is -2.10. The van der Waals surface area contributed by atoms with E-state index in [1.807, 2.05) is 0 Å². The Kier molecular flexibility index (Phi) is 4.06. The molecule has 1 aromatic heterocycles. The van der Waals surface area contributed by atoms with Gasteiger partial charge < -0.3 is 20.0 Å². The second-order valence-corrected chi connectivity index (χ2v) is 3.16. The molecule has 1 rings (SSSR count). The number of hydrogen-bond acceptors (Lipinski definition) is 5. The Morgan fingerprint density at radius 3 is 2.35 bits per heavy atom. The molecule has 0 aliphatic rings. The number of ether oxygens (including phenoxy) is 1. The Balaban J connectivity index is 3.53. The quantitative estimate of drug-likeness (QED) is 0.521. The SMILES string of the molecule is O=C(O)c1nc([N+](=O)[O-])c(OC(F)(F)F)cc1C(F)F. The molecule has 1 heterocycles. The van der Waals surface area contributed by atoms with E-state index in [0.29, 0.717) is 0 Å². The first-order valence-corrected chi connectivity index (χ1v) is 4.49. The summed E-state index contributed by atoms with van der Waals surface area (Å²) in [6.07, 6.45) is -8.90. The number of carboxylic acid groups (broad SMARTS) is 1. The first-order chi connectivity index (χ1) is 9.03. The number of nitro groups is 1. The van der Waals surface area contributed by atoms with Crippen LogP contribution in [0.25, 0.3) is 0 Å². The summed E-state index contributed by atoms with van der Waals surface area (Å²) in [6.45, 7) is 0. The van der Waals surface area contributed by atoms with E-state index in [1.165, 1.54) is 0 Å². The molecule has 7 nitrogen and oxygen atoms in total. The standard InChI is InChI=1S/C8H3F5N2O5/c9-5(10)2-1-3(20-8(11,12)13)6(15(18)19)14-4(2)7(16)17/h1,5H,(H,16,17). The zero-order valence-electron chi connectivity index (χ0n) is 9.02. The Bertz CT molecular complexity index is 559. The zero-order valence-corrected chi connectivity index (χ0v) is 9.02. The van der Waals surface area contributed by atoms with Crippen molar-refractivity contribution in [3.8, 4) is 5.75 Å². The normalized spacial score (nSPS) is 11.5. The van der Waals surface area contributed by atoms with Crippen molar-refractivity contribution in [2.75, 3.05) is 0 Å². The van der Waals surface area contributed by atoms with Gasteiger partial charge in [0.25, 0.3) is 12.1 Å². The van der Waals surface area contributed by atoms with E-state index >= 15 is 0 Å². The molecule has 1 aromatic rings. The Hall–Kier alpha value is -2.53. The minimum Gasteiger partial charge on any atom is -0.475 e. The highest BCUT2D eigenvalue weighted by Crippen LogP contribution is 2.35. The number of alkyl halides is 5. The summed E-state index contributed by atoms with van der Waals surface area (Å²) in [5.41, 5.74) is -2.86. The predicted octanol–water partition coefficient (Wildman–Crippen LogP) is 2.52. The lowest BCUT2D eigenvalue weighted by Crippen LogP contribution is -2.19. The fourth-order valence-corrected chi connectivity index (χ4v) is 1.17. The number of hydrogen-bond donors (Lipinski definition) is 1. The van der Waals surface area contributed by atoms with Crippen LogP contribution in [0.3, 0.4) is 0 Å². The zero-order chi connectivity index (χ0) is 15.7. The largest absolute Gasteiger partial charge is 0.573 e. The Labute approximate surface area is 105 Å². The molecule has 20 heavy (non-hydrogen) atoms. The molecular formula is C8H3F5N2O5. The minimum atomic E-state index is -5.39. The average molecular weight is 302 g/mol. The summed E-state index contributed by atoms with van der Waals surface area (Å²) >= 11 is 0. The molecule has 0 saturated carbocycles. The number of nitrogens with zero attached hydrogens (tertiary/aromatic N) is 2. The van der Waals surface area contributed by atoms with Gasteiger partial charge in [0.2, 0.25) is 5.75 Å². The maximum Gasteiger partial charge on any atom is 0.573 e. The van der Waals surface area contributed by atoms with Gasteiger partial charge in [-0.25, -0.2) is 13.6 Å². The Morgan fingerprint density at radius 2 is 2.00 bits per heavy atom. The van der Waals surface area contributed by atoms with Gasteiger partial charge in [-0.3, -0.25) is 0 Å². The van der Waals surface area contributed by atoms with Crippen molar-refractivity contribution in [3.63, 3.8) is 0 Å². The van der Waals surface area contributed by atoms with Gasteiger partial charge in [-0.1, -0.05) is 0 Å². The molecule has 0 spiro atoms. The third kappa shape index (κ3) is 3.49. The molecule has 0 aromatic carbocycles. The van der Waals surface area contributed by atoms with E-state index in [1.54, 1.807) is 0 Å². The first-order valence-electron chi connectivity index (χ1n) is 4.49. The van der Waals surface area contributed by atoms with Crippen molar-refractivity contribution >= 4 is 11.8 Å². The molecule has 110 valence electrons. The van der Waals surface area contributed by atoms with Crippen molar-refractivity contribution in [1.29, 1.82) is 0 Å². The fraction of sp³-hybridized carbons (Fsp3) is 0.250. The maximum atomic E-state index is 12.5. The Morgan fingerprint density at radius 1 is 1.45 bits per heavy atom. The van der Waals surface area contributed by atoms with Crippen LogP contribution < -0.4 is 4.74 Å². The number of carbonyl (C=O) groups is 1. The molecule has 0 atom stereocenters. The van der Waals surface area contributed by atoms with Gasteiger partial charge in [0.1, 0.15) is 0 Å². The number of halogens is 5. The molecule has 0 saturated heterocycles. The summed E-state index contributed by atoms with van der Waals surface area (Å²) in [5, 5.41) is 19.0. The number of rotatable bonds is 4. The van der Waals surface area contributed by atoms with Crippen LogP contribution in [0.15, 0.2) is 6.07 Å². The molecule has 12 heteroatoms. The molecule has 0 fully saturated rings. The molecule has 0 bridgehead atoms. The molecular weight excluding hydrogens is 299 g/mol. The highest BCUT2D eigenvalue weighted by molar-refractivity contribution is 5.88. The van der Waals surface area contributed by atoms with Gasteiger partial charge in [-0.05, 0) is 9.91 Å². The van der Waals surface area contributed by atoms with Crippen molar-refractivity contribution in [2.24, 2.45) is 0 Å². The second-order valence-electron chi connectivity index (χ2n) is 3.16. The van der Waals surface area contributed by atoms with E-state index < -0.39 is 46.5 Å². The van der Waals surface area contributed by atoms with Gasteiger partial charge in [0.15, 0.2) is 0 Å². The predicted molar refractivity (Wildman–Crippen MR) is 49.5 cm³/mol. The van der Waals surface area contributed by atoms with Crippen LogP contribution in [0.2, 0.25) is 0 Å². The summed E-state index contributed by atoms with van der Waals surface area (Å²) in [5.74, 6) is -5.31. The van der Waals surface area contributed by atoms with Gasteiger partial charge in [-0.2, -0.15) is 0 Å². The van der Waals surface area contributed by atoms with E-state index in [-0.39, 0.29) is 6.07 Å². The smallest absolute Gasteiger partial charge is 0.475 e. The molecule has 0 aliphatic carbocycles. The van der Waals surface area contributed by atoms with Crippen molar-refractivity contribution in [1.82, 2.24) is 4.98 Å². The summed E-state index contributed by atoms with van der Waals surface area (Å²) in [4.78, 5) is 22.3. The highest BCUT2D eigenvalue weighted by atomic mass is 19.4. The summed E-state index contributed by atoms with van der Waals surface area (Å²) in [6, 6.07) is -0.0766. The molecule has 0 amide bonds. The van der Waals surface area contributed by atoms with Crippen molar-refractivity contribution in [3.05, 3.63) is 27.4 Å². The highest BCUT2D eigenvalue weighted by Gasteiger charge is 2.38. The van der Waals surface area contributed by atoms with Crippen molar-refractivity contribution in [2.45, 2.75) is 12.8 Å². The summed E-state index contributed by atoms with van der Waals surface area (Å²) < 4.78 is 64.2. The lowest BCUT2D eigenvalue weighted by atomic mass is 10.2. The maximum absolute atomic E-state index is 12.5. The first kappa shape index (κ1) is 15.5. The van der Waals surface area contributed by atoms with Crippen LogP contribution in [0.1, 0.15) is 22.5 Å². The number of aromatic carboxylic acids is 1. The molecule has 1 N–H and O–H groups in total. The fourth-order valence-electron chi connectivity index (χ4n) is 1.17. The molecule has 0 aliphatic heterocycles. The topological polar surface area (TPSA) is 103 Å². The molecule has 0 radical (unpaired) electrons. The van der Waals surface area contributed by atoms with E-state index in [9.17, 15) is 36.9 Å². The van der Waals surface area contributed by atoms with E-state index in [4.69, 9.17) is 5.11 Å². The lowest BCUT2D eigenvalue weighted by molar-refractivity contribution is -0.393. The van der Waals surface area contributed by atoms with Crippen LogP contribution in [0, 0.1) is 10.1 Å². The second kappa shape index (κ2) is 5.22. The monoisotopic (exact) mass is 302 g/mol. The van der Waals surface area contributed by atoms with Crippen LogP contribution >= 0.6 is 0 Å². The summed E-state index contributed by atoms with van der Waals surface area (Å²) in [7, 11) is 0. The van der Waals surface area contributed by atoms with Gasteiger partial charge in [-0.15, -0.1) is 13.2 Å².